The summed E-state index contributed by atoms with van der Waals surface area (Å²) in [5, 5.41) is 3.46. The van der Waals surface area contributed by atoms with Crippen LogP contribution in [0.4, 0.5) is 0 Å². The van der Waals surface area contributed by atoms with Crippen molar-refractivity contribution in [3.8, 4) is 5.75 Å². The fraction of sp³-hybridized carbons (Fsp3) is 0.500. The topological polar surface area (TPSA) is 21.3 Å². The molecule has 0 aliphatic rings. The van der Waals surface area contributed by atoms with E-state index in [0.717, 1.165) is 23.2 Å². The van der Waals surface area contributed by atoms with E-state index < -0.39 is 0 Å². The van der Waals surface area contributed by atoms with Crippen molar-refractivity contribution < 1.29 is 4.74 Å². The summed E-state index contributed by atoms with van der Waals surface area (Å²) in [7, 11) is 1.70. The van der Waals surface area contributed by atoms with Gasteiger partial charge in [0.1, 0.15) is 5.75 Å². The summed E-state index contributed by atoms with van der Waals surface area (Å²) < 4.78 is 6.37. The first kappa shape index (κ1) is 12.5. The molecule has 1 rings (SSSR count). The third-order valence-electron chi connectivity index (χ3n) is 2.44. The molecule has 0 fully saturated rings. The molecule has 0 spiro atoms. The standard InChI is InChI=1S/C12H18BrNO/c1-4-12(14-5-2)10-8-9(15-3)6-7-11(10)13/h6-8,12,14H,4-5H2,1-3H3. The second-order valence-electron chi connectivity index (χ2n) is 3.41. The van der Waals surface area contributed by atoms with Crippen LogP contribution in [0.15, 0.2) is 22.7 Å². The molecule has 2 nitrogen and oxygen atoms in total. The molecule has 1 unspecified atom stereocenters. The first-order chi connectivity index (χ1) is 7.22. The van der Waals surface area contributed by atoms with E-state index in [9.17, 15) is 0 Å². The average Bonchev–Trinajstić information content (AvgIpc) is 2.27. The SMILES string of the molecule is CCNC(CC)c1cc(OC)ccc1Br. The van der Waals surface area contributed by atoms with Crippen LogP contribution in [-0.2, 0) is 0 Å². The van der Waals surface area contributed by atoms with Crippen molar-refractivity contribution in [2.24, 2.45) is 0 Å². The van der Waals surface area contributed by atoms with E-state index >= 15 is 0 Å². The van der Waals surface area contributed by atoms with E-state index in [-0.39, 0.29) is 0 Å². The minimum Gasteiger partial charge on any atom is -0.497 e. The number of hydrogen-bond acceptors (Lipinski definition) is 2. The van der Waals surface area contributed by atoms with Crippen LogP contribution in [0, 0.1) is 0 Å². The molecule has 15 heavy (non-hydrogen) atoms. The van der Waals surface area contributed by atoms with Gasteiger partial charge < -0.3 is 10.1 Å². The molecule has 1 atom stereocenters. The molecule has 3 heteroatoms. The number of ether oxygens (including phenoxy) is 1. The summed E-state index contributed by atoms with van der Waals surface area (Å²) >= 11 is 3.58. The number of halogens is 1. The number of hydrogen-bond donors (Lipinski definition) is 1. The van der Waals surface area contributed by atoms with Crippen LogP contribution in [-0.4, -0.2) is 13.7 Å². The van der Waals surface area contributed by atoms with Gasteiger partial charge in [-0.25, -0.2) is 0 Å². The monoisotopic (exact) mass is 271 g/mol. The summed E-state index contributed by atoms with van der Waals surface area (Å²) in [5.41, 5.74) is 1.26. The zero-order chi connectivity index (χ0) is 11.3. The lowest BCUT2D eigenvalue weighted by Gasteiger charge is -2.18. The highest BCUT2D eigenvalue weighted by atomic mass is 79.9. The largest absolute Gasteiger partial charge is 0.497 e. The molecule has 0 aliphatic heterocycles. The zero-order valence-corrected chi connectivity index (χ0v) is 11.1. The summed E-state index contributed by atoms with van der Waals surface area (Å²) in [4.78, 5) is 0. The lowest BCUT2D eigenvalue weighted by Crippen LogP contribution is -2.20. The van der Waals surface area contributed by atoms with Crippen molar-refractivity contribution in [1.82, 2.24) is 5.32 Å². The fourth-order valence-electron chi connectivity index (χ4n) is 1.64. The lowest BCUT2D eigenvalue weighted by atomic mass is 10.0. The summed E-state index contributed by atoms with van der Waals surface area (Å²) in [6.45, 7) is 5.28. The van der Waals surface area contributed by atoms with Crippen LogP contribution in [0.2, 0.25) is 0 Å². The summed E-state index contributed by atoms with van der Waals surface area (Å²) in [6.07, 6.45) is 1.07. The molecule has 0 saturated carbocycles. The van der Waals surface area contributed by atoms with Crippen LogP contribution < -0.4 is 10.1 Å². The van der Waals surface area contributed by atoms with E-state index in [0.29, 0.717) is 6.04 Å². The Morgan fingerprint density at radius 2 is 2.13 bits per heavy atom. The van der Waals surface area contributed by atoms with Gasteiger partial charge in [-0.3, -0.25) is 0 Å². The van der Waals surface area contributed by atoms with E-state index in [1.807, 2.05) is 12.1 Å². The lowest BCUT2D eigenvalue weighted by molar-refractivity contribution is 0.412. The summed E-state index contributed by atoms with van der Waals surface area (Å²) in [6, 6.07) is 6.47. The van der Waals surface area contributed by atoms with Crippen molar-refractivity contribution in [3.05, 3.63) is 28.2 Å². The third kappa shape index (κ3) is 3.21. The van der Waals surface area contributed by atoms with Crippen LogP contribution >= 0.6 is 15.9 Å². The molecule has 0 radical (unpaired) electrons. The summed E-state index contributed by atoms with van der Waals surface area (Å²) in [5.74, 6) is 0.907. The molecular formula is C12H18BrNO. The fourth-order valence-corrected chi connectivity index (χ4v) is 2.16. The predicted octanol–water partition coefficient (Wildman–Crippen LogP) is 3.52. The predicted molar refractivity (Wildman–Crippen MR) is 67.4 cm³/mol. The molecular weight excluding hydrogens is 254 g/mol. The minimum absolute atomic E-state index is 0.388. The van der Waals surface area contributed by atoms with Gasteiger partial charge in [0, 0.05) is 10.5 Å². The first-order valence-electron chi connectivity index (χ1n) is 5.29. The second-order valence-corrected chi connectivity index (χ2v) is 4.26. The van der Waals surface area contributed by atoms with Crippen LogP contribution in [0.25, 0.3) is 0 Å². The Labute approximate surface area is 100 Å². The molecule has 84 valence electrons. The number of benzene rings is 1. The molecule has 0 saturated heterocycles. The molecule has 0 heterocycles. The van der Waals surface area contributed by atoms with Gasteiger partial charge in [-0.1, -0.05) is 29.8 Å². The second kappa shape index (κ2) is 6.13. The molecule has 0 amide bonds. The first-order valence-corrected chi connectivity index (χ1v) is 6.09. The van der Waals surface area contributed by atoms with E-state index in [2.05, 4.69) is 41.2 Å². The highest BCUT2D eigenvalue weighted by Crippen LogP contribution is 2.29. The van der Waals surface area contributed by atoms with Gasteiger partial charge in [0.15, 0.2) is 0 Å². The van der Waals surface area contributed by atoms with Crippen molar-refractivity contribution >= 4 is 15.9 Å². The Morgan fingerprint density at radius 3 is 2.67 bits per heavy atom. The maximum absolute atomic E-state index is 5.23. The van der Waals surface area contributed by atoms with Gasteiger partial charge in [0.2, 0.25) is 0 Å². The van der Waals surface area contributed by atoms with E-state index in [1.54, 1.807) is 7.11 Å². The molecule has 0 bridgehead atoms. The van der Waals surface area contributed by atoms with E-state index in [1.165, 1.54) is 5.56 Å². The third-order valence-corrected chi connectivity index (χ3v) is 3.16. The number of rotatable bonds is 5. The Balaban J connectivity index is 2.98. The molecule has 0 aromatic heterocycles. The van der Waals surface area contributed by atoms with Gasteiger partial charge in [0.05, 0.1) is 7.11 Å². The number of methoxy groups -OCH3 is 1. The quantitative estimate of drug-likeness (QED) is 0.885. The van der Waals surface area contributed by atoms with Crippen molar-refractivity contribution in [2.75, 3.05) is 13.7 Å². The smallest absolute Gasteiger partial charge is 0.119 e. The normalized spacial score (nSPS) is 12.5. The maximum atomic E-state index is 5.23. The van der Waals surface area contributed by atoms with Crippen LogP contribution in [0.3, 0.4) is 0 Å². The van der Waals surface area contributed by atoms with Crippen molar-refractivity contribution in [1.29, 1.82) is 0 Å². The Hall–Kier alpha value is -0.540. The van der Waals surface area contributed by atoms with Crippen molar-refractivity contribution in [2.45, 2.75) is 26.3 Å². The molecule has 0 aliphatic carbocycles. The van der Waals surface area contributed by atoms with Gasteiger partial charge in [-0.2, -0.15) is 0 Å². The van der Waals surface area contributed by atoms with Gasteiger partial charge in [0.25, 0.3) is 0 Å². The Morgan fingerprint density at radius 1 is 1.40 bits per heavy atom. The van der Waals surface area contributed by atoms with Crippen LogP contribution in [0.5, 0.6) is 5.75 Å². The van der Waals surface area contributed by atoms with Gasteiger partial charge in [-0.05, 0) is 36.7 Å². The van der Waals surface area contributed by atoms with Crippen LogP contribution in [0.1, 0.15) is 31.9 Å². The maximum Gasteiger partial charge on any atom is 0.119 e. The number of nitrogens with one attached hydrogen (secondary N) is 1. The van der Waals surface area contributed by atoms with Gasteiger partial charge in [-0.15, -0.1) is 0 Å². The Bertz CT molecular complexity index is 314. The minimum atomic E-state index is 0.388. The molecule has 1 aromatic rings. The molecule has 1 aromatic carbocycles. The molecule has 1 N–H and O–H groups in total. The van der Waals surface area contributed by atoms with Gasteiger partial charge >= 0.3 is 0 Å². The average molecular weight is 272 g/mol. The zero-order valence-electron chi connectivity index (χ0n) is 9.51. The Kier molecular flexibility index (Phi) is 5.12. The van der Waals surface area contributed by atoms with E-state index in [4.69, 9.17) is 4.74 Å². The highest BCUT2D eigenvalue weighted by Gasteiger charge is 2.12. The highest BCUT2D eigenvalue weighted by molar-refractivity contribution is 9.10. The van der Waals surface area contributed by atoms with Crippen molar-refractivity contribution in [3.63, 3.8) is 0 Å².